The van der Waals surface area contributed by atoms with Crippen molar-refractivity contribution in [3.05, 3.63) is 70.4 Å². The van der Waals surface area contributed by atoms with Crippen molar-refractivity contribution in [3.8, 4) is 28.2 Å². The lowest BCUT2D eigenvalue weighted by atomic mass is 9.90. The average Bonchev–Trinajstić information content (AvgIpc) is 2.82. The number of benzene rings is 3. The highest BCUT2D eigenvalue weighted by atomic mass is 32.1. The summed E-state index contributed by atoms with van der Waals surface area (Å²) in [6.07, 6.45) is 0.942. The van der Waals surface area contributed by atoms with Gasteiger partial charge in [0.05, 0.1) is 5.56 Å². The lowest BCUT2D eigenvalue weighted by molar-refractivity contribution is 0.0697. The van der Waals surface area contributed by atoms with Crippen LogP contribution in [0.4, 0.5) is 5.69 Å². The van der Waals surface area contributed by atoms with Gasteiger partial charge in [-0.15, -0.1) is 0 Å². The first-order chi connectivity index (χ1) is 17.2. The maximum absolute atomic E-state index is 12.3. The number of phenols is 1. The van der Waals surface area contributed by atoms with E-state index in [1.54, 1.807) is 24.3 Å². The fraction of sp³-hybridized carbons (Fsp3) is 0.222. The topological polar surface area (TPSA) is 121 Å². The molecule has 2 aliphatic rings. The summed E-state index contributed by atoms with van der Waals surface area (Å²) in [7, 11) is 0. The van der Waals surface area contributed by atoms with E-state index in [1.165, 1.54) is 30.3 Å². The van der Waals surface area contributed by atoms with Crippen molar-refractivity contribution in [2.45, 2.75) is 20.3 Å². The molecule has 36 heavy (non-hydrogen) atoms. The molecule has 0 saturated heterocycles. The predicted octanol–water partition coefficient (Wildman–Crippen LogP) is 5.28. The monoisotopic (exact) mass is 506 g/mol. The molecule has 1 aliphatic heterocycles. The maximum atomic E-state index is 12.3. The first kappa shape index (κ1) is 25.2. The Bertz CT molecular complexity index is 1460. The van der Waals surface area contributed by atoms with Crippen LogP contribution in [0.15, 0.2) is 63.8 Å². The van der Waals surface area contributed by atoms with Gasteiger partial charge in [-0.1, -0.05) is 19.9 Å². The molecular formula is C27H26N2O6S. The van der Waals surface area contributed by atoms with Crippen LogP contribution in [-0.4, -0.2) is 34.6 Å². The van der Waals surface area contributed by atoms with Crippen molar-refractivity contribution in [2.24, 2.45) is 5.92 Å². The summed E-state index contributed by atoms with van der Waals surface area (Å²) in [6.45, 7) is 5.09. The van der Waals surface area contributed by atoms with Crippen LogP contribution in [0.25, 0.3) is 33.4 Å². The van der Waals surface area contributed by atoms with E-state index < -0.39 is 5.97 Å². The molecule has 0 spiro atoms. The molecule has 0 atom stereocenters. The van der Waals surface area contributed by atoms with Gasteiger partial charge in [0.2, 0.25) is 0 Å². The van der Waals surface area contributed by atoms with Crippen LogP contribution in [0.1, 0.15) is 30.6 Å². The minimum atomic E-state index is -1.13. The quantitative estimate of drug-likeness (QED) is 0.109. The second kappa shape index (κ2) is 10.8. The molecule has 186 valence electrons. The highest BCUT2D eigenvalue weighted by molar-refractivity contribution is 7.80. The number of rotatable bonds is 8. The summed E-state index contributed by atoms with van der Waals surface area (Å²) >= 11 is 5.31. The van der Waals surface area contributed by atoms with Crippen LogP contribution in [0.3, 0.4) is 0 Å². The van der Waals surface area contributed by atoms with Gasteiger partial charge < -0.3 is 30.0 Å². The molecule has 0 radical (unpaired) electrons. The number of carbonyl (C=O) groups is 1. The Morgan fingerprint density at radius 3 is 2.61 bits per heavy atom. The van der Waals surface area contributed by atoms with E-state index in [4.69, 9.17) is 21.4 Å². The molecule has 0 saturated carbocycles. The van der Waals surface area contributed by atoms with Crippen molar-refractivity contribution in [3.63, 3.8) is 0 Å². The molecule has 0 bridgehead atoms. The molecule has 2 aromatic carbocycles. The number of fused-ring (bicyclic) bond motifs is 2. The van der Waals surface area contributed by atoms with E-state index in [0.717, 1.165) is 6.42 Å². The fourth-order valence-corrected chi connectivity index (χ4v) is 4.03. The normalized spacial score (nSPS) is 11.2. The van der Waals surface area contributed by atoms with Crippen LogP contribution in [0.5, 0.6) is 5.75 Å². The number of aromatic hydroxyl groups is 1. The Balaban J connectivity index is 1.70. The third-order valence-corrected chi connectivity index (χ3v) is 5.87. The largest absolute Gasteiger partial charge is 0.508 e. The lowest BCUT2D eigenvalue weighted by Gasteiger charge is -2.18. The Kier molecular flexibility index (Phi) is 7.52. The van der Waals surface area contributed by atoms with Gasteiger partial charge in [0.1, 0.15) is 23.8 Å². The standard InChI is InChI=1S/C27H26N2O6S/c1-15(2)9-10-34-14-28-27(36)29-16-3-6-19(22(11-16)26(32)33)25-20-7-4-17(30)12-23(20)35-24-13-18(31)5-8-21(24)25/h3-8,11-13,15,30H,9-10,14H2,1-2H3,(H,32,33)(H2,28,29,36). The number of hydrogen-bond acceptors (Lipinski definition) is 6. The van der Waals surface area contributed by atoms with Gasteiger partial charge in [0.25, 0.3) is 0 Å². The first-order valence-corrected chi connectivity index (χ1v) is 11.8. The molecule has 1 aliphatic carbocycles. The summed E-state index contributed by atoms with van der Waals surface area (Å²) in [5, 5.41) is 26.8. The Labute approximate surface area is 212 Å². The van der Waals surface area contributed by atoms with E-state index in [-0.39, 0.29) is 29.2 Å². The second-order valence-corrected chi connectivity index (χ2v) is 9.16. The Morgan fingerprint density at radius 1 is 1.08 bits per heavy atom. The van der Waals surface area contributed by atoms with Crippen molar-refractivity contribution in [1.82, 2.24) is 5.32 Å². The van der Waals surface area contributed by atoms with E-state index >= 15 is 0 Å². The summed E-state index contributed by atoms with van der Waals surface area (Å²) in [6, 6.07) is 13.8. The zero-order valence-electron chi connectivity index (χ0n) is 19.8. The Morgan fingerprint density at radius 2 is 1.86 bits per heavy atom. The number of thiocarbonyl (C=S) groups is 1. The minimum Gasteiger partial charge on any atom is -0.508 e. The maximum Gasteiger partial charge on any atom is 0.336 e. The summed E-state index contributed by atoms with van der Waals surface area (Å²) in [4.78, 5) is 24.3. The van der Waals surface area contributed by atoms with Gasteiger partial charge in [0, 0.05) is 40.9 Å². The highest BCUT2D eigenvalue weighted by Gasteiger charge is 2.22. The summed E-state index contributed by atoms with van der Waals surface area (Å²) < 4.78 is 11.4. The van der Waals surface area contributed by atoms with Crippen molar-refractivity contribution >= 4 is 40.0 Å². The summed E-state index contributed by atoms with van der Waals surface area (Å²) in [5.41, 5.74) is 2.18. The molecule has 4 N–H and O–H groups in total. The van der Waals surface area contributed by atoms with Gasteiger partial charge in [-0.2, -0.15) is 0 Å². The Hall–Kier alpha value is -3.95. The van der Waals surface area contributed by atoms with Crippen molar-refractivity contribution in [2.75, 3.05) is 18.7 Å². The van der Waals surface area contributed by atoms with Crippen LogP contribution in [0, 0.1) is 5.92 Å². The minimum absolute atomic E-state index is 0.0120. The van der Waals surface area contributed by atoms with Crippen molar-refractivity contribution < 1.29 is 24.2 Å². The molecule has 4 rings (SSSR count). The number of aromatic carboxylic acids is 1. The van der Waals surface area contributed by atoms with E-state index in [9.17, 15) is 19.8 Å². The van der Waals surface area contributed by atoms with Crippen LogP contribution >= 0.6 is 12.2 Å². The lowest BCUT2D eigenvalue weighted by Crippen LogP contribution is -2.30. The number of carboxylic acid groups (broad SMARTS) is 1. The third-order valence-electron chi connectivity index (χ3n) is 5.63. The molecule has 0 aromatic heterocycles. The second-order valence-electron chi connectivity index (χ2n) is 8.75. The van der Waals surface area contributed by atoms with E-state index in [2.05, 4.69) is 24.5 Å². The molecular weight excluding hydrogens is 480 g/mol. The SMILES string of the molecule is CC(C)CCOCNC(=S)Nc1ccc(-c2c3ccc(=O)cc-3oc3cc(O)ccc23)c(C(=O)O)c1. The molecule has 8 nitrogen and oxygen atoms in total. The third kappa shape index (κ3) is 5.64. The van der Waals surface area contributed by atoms with Crippen LogP contribution in [0.2, 0.25) is 0 Å². The van der Waals surface area contributed by atoms with E-state index in [1.807, 2.05) is 0 Å². The highest BCUT2D eigenvalue weighted by Crippen LogP contribution is 2.42. The fourth-order valence-electron chi connectivity index (χ4n) is 3.85. The molecule has 2 aromatic rings. The number of ether oxygens (including phenoxy) is 1. The van der Waals surface area contributed by atoms with Crippen LogP contribution < -0.4 is 16.1 Å². The molecule has 0 fully saturated rings. The zero-order valence-corrected chi connectivity index (χ0v) is 20.6. The number of anilines is 1. The van der Waals surface area contributed by atoms with Gasteiger partial charge in [-0.3, -0.25) is 4.79 Å². The molecule has 0 amide bonds. The molecule has 0 unspecified atom stereocenters. The average molecular weight is 507 g/mol. The van der Waals surface area contributed by atoms with Gasteiger partial charge in [-0.05, 0) is 66.5 Å². The summed E-state index contributed by atoms with van der Waals surface area (Å²) in [5.74, 6) is -0.312. The number of hydrogen-bond donors (Lipinski definition) is 4. The predicted molar refractivity (Wildman–Crippen MR) is 143 cm³/mol. The smallest absolute Gasteiger partial charge is 0.336 e. The van der Waals surface area contributed by atoms with Gasteiger partial charge >= 0.3 is 5.97 Å². The van der Waals surface area contributed by atoms with E-state index in [0.29, 0.717) is 51.0 Å². The van der Waals surface area contributed by atoms with Crippen molar-refractivity contribution in [1.29, 1.82) is 0 Å². The van der Waals surface area contributed by atoms with Gasteiger partial charge in [0.15, 0.2) is 10.5 Å². The molecule has 1 heterocycles. The number of nitrogens with one attached hydrogen (secondary N) is 2. The van der Waals surface area contributed by atoms with Gasteiger partial charge in [-0.25, -0.2) is 4.79 Å². The number of carboxylic acids is 1. The molecule has 9 heteroatoms. The number of phenolic OH excluding ortho intramolecular Hbond substituents is 1. The first-order valence-electron chi connectivity index (χ1n) is 11.4. The zero-order chi connectivity index (χ0) is 25.8. The van der Waals surface area contributed by atoms with Crippen LogP contribution in [-0.2, 0) is 4.74 Å².